The molecule has 1 aliphatic rings. The predicted molar refractivity (Wildman–Crippen MR) is 90.0 cm³/mol. The van der Waals surface area contributed by atoms with Crippen molar-refractivity contribution in [3.8, 4) is 17.0 Å². The van der Waals surface area contributed by atoms with Gasteiger partial charge >= 0.3 is 0 Å². The van der Waals surface area contributed by atoms with Crippen LogP contribution in [0.25, 0.3) is 11.3 Å². The van der Waals surface area contributed by atoms with Crippen LogP contribution in [0.2, 0.25) is 0 Å². The molecule has 0 bridgehead atoms. The van der Waals surface area contributed by atoms with Crippen LogP contribution in [0.15, 0.2) is 30.5 Å². The maximum Gasteiger partial charge on any atom is 0.229 e. The molecule has 0 saturated carbocycles. The summed E-state index contributed by atoms with van der Waals surface area (Å²) in [6.07, 6.45) is -4.69. The van der Waals surface area contributed by atoms with E-state index in [4.69, 9.17) is 19.3 Å². The first-order valence-corrected chi connectivity index (χ1v) is 9.37. The molecular weight excluding hydrogens is 365 g/mol. The smallest absolute Gasteiger partial charge is 0.229 e. The molecule has 5 atom stereocenters. The van der Waals surface area contributed by atoms with E-state index in [0.29, 0.717) is 11.4 Å². The molecule has 142 valence electrons. The van der Waals surface area contributed by atoms with Crippen molar-refractivity contribution in [2.45, 2.75) is 37.1 Å². The van der Waals surface area contributed by atoms with E-state index >= 15 is 0 Å². The van der Waals surface area contributed by atoms with E-state index < -0.39 is 39.1 Å². The van der Waals surface area contributed by atoms with E-state index in [-0.39, 0.29) is 12.6 Å². The molecule has 3 rings (SSSR count). The van der Waals surface area contributed by atoms with E-state index in [0.717, 1.165) is 5.56 Å². The van der Waals surface area contributed by atoms with Gasteiger partial charge in [-0.1, -0.05) is 0 Å². The first-order chi connectivity index (χ1) is 12.5. The lowest BCUT2D eigenvalue weighted by atomic mass is 9.97. The zero-order chi connectivity index (χ0) is 18.7. The zero-order valence-corrected chi connectivity index (χ0v) is 14.5. The van der Waals surface area contributed by atoms with Crippen LogP contribution in [0.3, 0.4) is 0 Å². The molecule has 2 aromatic rings. The Morgan fingerprint density at radius 3 is 2.42 bits per heavy atom. The third kappa shape index (κ3) is 4.36. The number of H-pyrrole nitrogens is 1. The average Bonchev–Trinajstić information content (AvgIpc) is 3.16. The summed E-state index contributed by atoms with van der Waals surface area (Å²) in [6, 6.07) is 6.78. The van der Waals surface area contributed by atoms with Crippen molar-refractivity contribution in [2.24, 2.45) is 0 Å². The quantitative estimate of drug-likeness (QED) is 0.355. The van der Waals surface area contributed by atoms with Crippen LogP contribution < -0.4 is 4.74 Å². The van der Waals surface area contributed by atoms with E-state index in [1.165, 1.54) is 0 Å². The van der Waals surface area contributed by atoms with Crippen LogP contribution in [0.5, 0.6) is 5.75 Å². The first kappa shape index (κ1) is 19.1. The molecule has 26 heavy (non-hydrogen) atoms. The van der Waals surface area contributed by atoms with Gasteiger partial charge in [-0.15, -0.1) is 0 Å². The number of aromatic nitrogens is 3. The van der Waals surface area contributed by atoms with Crippen LogP contribution >= 0.6 is 8.38 Å². The van der Waals surface area contributed by atoms with E-state index in [2.05, 4.69) is 15.4 Å². The molecule has 2 heterocycles. The molecule has 6 N–H and O–H groups in total. The number of rotatable bonds is 6. The summed E-state index contributed by atoms with van der Waals surface area (Å²) < 4.78 is 11.1. The number of aliphatic hydroxyl groups excluding tert-OH is 3. The minimum atomic E-state index is -2.14. The van der Waals surface area contributed by atoms with Gasteiger partial charge in [-0.3, -0.25) is 0 Å². The minimum Gasteiger partial charge on any atom is -0.462 e. The normalized spacial score (nSPS) is 29.1. The van der Waals surface area contributed by atoms with E-state index in [9.17, 15) is 15.3 Å². The fourth-order valence-corrected chi connectivity index (χ4v) is 3.16. The Kier molecular flexibility index (Phi) is 6.15. The van der Waals surface area contributed by atoms with Crippen LogP contribution in [0, 0.1) is 0 Å². The van der Waals surface area contributed by atoms with Crippen LogP contribution in [0.4, 0.5) is 0 Å². The third-order valence-corrected chi connectivity index (χ3v) is 4.76. The van der Waals surface area contributed by atoms with Gasteiger partial charge in [0.1, 0.15) is 29.8 Å². The molecule has 0 spiro atoms. The first-order valence-electron chi connectivity index (χ1n) is 7.93. The highest BCUT2D eigenvalue weighted by molar-refractivity contribution is 7.45. The molecule has 0 radical (unpaired) electrons. The van der Waals surface area contributed by atoms with Gasteiger partial charge in [-0.2, -0.15) is 15.4 Å². The number of nitrogens with one attached hydrogen (secondary N) is 1. The number of aliphatic hydroxyl groups is 3. The van der Waals surface area contributed by atoms with Crippen molar-refractivity contribution >= 4 is 8.38 Å². The molecule has 10 nitrogen and oxygen atoms in total. The fraction of sp³-hybridized carbons (Fsp3) is 0.467. The van der Waals surface area contributed by atoms with E-state index in [1.807, 2.05) is 0 Å². The molecule has 0 amide bonds. The Hall–Kier alpha value is -1.65. The van der Waals surface area contributed by atoms with Crippen LogP contribution in [-0.2, 0) is 4.74 Å². The minimum absolute atomic E-state index is 0.0129. The number of aromatic amines is 1. The predicted octanol–water partition coefficient (Wildman–Crippen LogP) is -0.655. The SMILES string of the molecule is OC1C(O)[C@H](O)C(CCP(O)O)O[C@@H]1Oc1ccc(-c2cn[nH]n2)cc1. The summed E-state index contributed by atoms with van der Waals surface area (Å²) in [6.45, 7) is 0. The summed E-state index contributed by atoms with van der Waals surface area (Å²) in [5.41, 5.74) is 1.47. The highest BCUT2D eigenvalue weighted by Gasteiger charge is 2.44. The van der Waals surface area contributed by atoms with Gasteiger partial charge in [0, 0.05) is 11.7 Å². The third-order valence-electron chi connectivity index (χ3n) is 4.10. The molecule has 11 heteroatoms. The lowest BCUT2D eigenvalue weighted by Gasteiger charge is -2.40. The van der Waals surface area contributed by atoms with Crippen molar-refractivity contribution < 1.29 is 34.6 Å². The summed E-state index contributed by atoms with van der Waals surface area (Å²) in [7, 11) is -2.14. The Labute approximate surface area is 149 Å². The van der Waals surface area contributed by atoms with Gasteiger partial charge in [0.25, 0.3) is 0 Å². The standard InChI is InChI=1S/C15H20N3O7P/c19-12-11(5-6-26(22)23)25-15(14(21)13(12)20)24-9-3-1-8(2-4-9)10-7-16-18-17-10/h1-4,7,11-15,19-23H,5-6H2,(H,16,17,18)/t11?,12-,13?,14?,15+/m1/s1. The Bertz CT molecular complexity index is 685. The van der Waals surface area contributed by atoms with Crippen molar-refractivity contribution in [1.29, 1.82) is 0 Å². The molecule has 1 aliphatic heterocycles. The summed E-state index contributed by atoms with van der Waals surface area (Å²) in [5, 5.41) is 40.3. The lowest BCUT2D eigenvalue weighted by Crippen LogP contribution is -2.59. The maximum atomic E-state index is 10.1. The van der Waals surface area contributed by atoms with Gasteiger partial charge in [0.15, 0.2) is 8.38 Å². The molecule has 0 aliphatic carbocycles. The summed E-state index contributed by atoms with van der Waals surface area (Å²) in [4.78, 5) is 18.0. The summed E-state index contributed by atoms with van der Waals surface area (Å²) in [5.74, 6) is 0.384. The Morgan fingerprint density at radius 1 is 1.08 bits per heavy atom. The number of benzene rings is 1. The monoisotopic (exact) mass is 385 g/mol. The molecule has 1 aromatic heterocycles. The highest BCUT2D eigenvalue weighted by atomic mass is 31.2. The van der Waals surface area contributed by atoms with Gasteiger partial charge in [-0.25, -0.2) is 0 Å². The topological polar surface area (TPSA) is 161 Å². The second kappa shape index (κ2) is 8.36. The average molecular weight is 385 g/mol. The van der Waals surface area contributed by atoms with Crippen molar-refractivity contribution in [3.05, 3.63) is 30.5 Å². The number of hydrogen-bond donors (Lipinski definition) is 6. The highest BCUT2D eigenvalue weighted by Crippen LogP contribution is 2.31. The second-order valence-corrected chi connectivity index (χ2v) is 7.09. The zero-order valence-electron chi connectivity index (χ0n) is 13.6. The van der Waals surface area contributed by atoms with E-state index in [1.54, 1.807) is 30.5 Å². The van der Waals surface area contributed by atoms with Gasteiger partial charge < -0.3 is 34.6 Å². The van der Waals surface area contributed by atoms with Gasteiger partial charge in [-0.05, 0) is 30.7 Å². The molecule has 3 unspecified atom stereocenters. The maximum absolute atomic E-state index is 10.1. The number of hydrogen-bond acceptors (Lipinski definition) is 9. The lowest BCUT2D eigenvalue weighted by molar-refractivity contribution is -0.272. The fourth-order valence-electron chi connectivity index (χ4n) is 2.67. The van der Waals surface area contributed by atoms with Crippen LogP contribution in [0.1, 0.15) is 6.42 Å². The Morgan fingerprint density at radius 2 is 1.81 bits per heavy atom. The van der Waals surface area contributed by atoms with Crippen molar-refractivity contribution in [2.75, 3.05) is 6.16 Å². The molecule has 1 aromatic carbocycles. The largest absolute Gasteiger partial charge is 0.462 e. The number of ether oxygens (including phenoxy) is 2. The second-order valence-electron chi connectivity index (χ2n) is 5.90. The molecule has 1 fully saturated rings. The van der Waals surface area contributed by atoms with Crippen molar-refractivity contribution in [3.63, 3.8) is 0 Å². The van der Waals surface area contributed by atoms with Gasteiger partial charge in [0.05, 0.1) is 12.3 Å². The molecular formula is C15H20N3O7P. The number of nitrogens with zero attached hydrogens (tertiary/aromatic N) is 2. The Balaban J connectivity index is 1.67. The van der Waals surface area contributed by atoms with Crippen molar-refractivity contribution in [1.82, 2.24) is 15.4 Å². The summed E-state index contributed by atoms with van der Waals surface area (Å²) >= 11 is 0. The van der Waals surface area contributed by atoms with Crippen LogP contribution in [-0.4, -0.2) is 77.4 Å². The van der Waals surface area contributed by atoms with Gasteiger partial charge in [0.2, 0.25) is 6.29 Å². The molecule has 1 saturated heterocycles.